The fourth-order valence-corrected chi connectivity index (χ4v) is 1.48. The molecule has 0 amide bonds. The molecule has 0 aliphatic carbocycles. The summed E-state index contributed by atoms with van der Waals surface area (Å²) in [5.41, 5.74) is 2.34. The van der Waals surface area contributed by atoms with E-state index in [-0.39, 0.29) is 13.2 Å². The van der Waals surface area contributed by atoms with Crippen molar-refractivity contribution < 1.29 is 17.9 Å². The number of anilines is 2. The number of ether oxygens (including phenoxy) is 1. The Hall–Kier alpha value is -1.13. The van der Waals surface area contributed by atoms with Gasteiger partial charge in [0.05, 0.1) is 6.61 Å². The Bertz CT molecular complexity index is 389. The number of hydrogen-bond donors (Lipinski definition) is 3. The summed E-state index contributed by atoms with van der Waals surface area (Å²) in [4.78, 5) is 7.71. The maximum Gasteiger partial charge on any atom is 0.411 e. The first-order chi connectivity index (χ1) is 8.44. The number of aromatic nitrogens is 2. The fourth-order valence-electron chi connectivity index (χ4n) is 1.02. The van der Waals surface area contributed by atoms with Gasteiger partial charge in [-0.05, 0) is 15.9 Å². The van der Waals surface area contributed by atoms with Crippen molar-refractivity contribution in [3.63, 3.8) is 0 Å². The molecule has 1 aromatic rings. The zero-order chi connectivity index (χ0) is 13.6. The molecular formula is C8H11BrF3N5O. The molecule has 4 N–H and O–H groups in total. The summed E-state index contributed by atoms with van der Waals surface area (Å²) < 4.78 is 40.2. The van der Waals surface area contributed by atoms with E-state index in [1.807, 2.05) is 0 Å². The lowest BCUT2D eigenvalue weighted by Crippen LogP contribution is -2.20. The zero-order valence-corrected chi connectivity index (χ0v) is 10.7. The molecular weight excluding hydrogens is 319 g/mol. The van der Waals surface area contributed by atoms with Gasteiger partial charge in [-0.2, -0.15) is 13.2 Å². The summed E-state index contributed by atoms with van der Waals surface area (Å²) in [6.07, 6.45) is -3.05. The molecule has 0 aliphatic rings. The van der Waals surface area contributed by atoms with Crippen molar-refractivity contribution in [2.75, 3.05) is 30.5 Å². The van der Waals surface area contributed by atoms with E-state index in [0.29, 0.717) is 16.1 Å². The van der Waals surface area contributed by atoms with E-state index in [1.54, 1.807) is 0 Å². The first-order valence-corrected chi connectivity index (χ1v) is 5.59. The highest BCUT2D eigenvalue weighted by Gasteiger charge is 2.27. The molecule has 10 heteroatoms. The van der Waals surface area contributed by atoms with Gasteiger partial charge in [-0.25, -0.2) is 15.8 Å². The largest absolute Gasteiger partial charge is 0.411 e. The lowest BCUT2D eigenvalue weighted by atomic mass is 10.5. The van der Waals surface area contributed by atoms with Gasteiger partial charge < -0.3 is 15.5 Å². The van der Waals surface area contributed by atoms with Crippen molar-refractivity contribution in [3.8, 4) is 0 Å². The molecule has 0 fully saturated rings. The molecule has 0 radical (unpaired) electrons. The van der Waals surface area contributed by atoms with Crippen LogP contribution in [-0.4, -0.2) is 35.9 Å². The zero-order valence-electron chi connectivity index (χ0n) is 9.09. The Morgan fingerprint density at radius 1 is 1.33 bits per heavy atom. The average Bonchev–Trinajstić information content (AvgIpc) is 2.29. The smallest absolute Gasteiger partial charge is 0.370 e. The number of nitrogens with one attached hydrogen (secondary N) is 2. The van der Waals surface area contributed by atoms with Gasteiger partial charge in [-0.1, -0.05) is 0 Å². The number of hydrogen-bond acceptors (Lipinski definition) is 6. The molecule has 0 saturated carbocycles. The molecule has 0 bridgehead atoms. The summed E-state index contributed by atoms with van der Waals surface area (Å²) in [6, 6.07) is 0. The van der Waals surface area contributed by atoms with Crippen LogP contribution in [0.15, 0.2) is 10.8 Å². The number of alkyl halides is 3. The van der Waals surface area contributed by atoms with Gasteiger partial charge >= 0.3 is 6.18 Å². The van der Waals surface area contributed by atoms with Gasteiger partial charge in [0.2, 0.25) is 0 Å². The predicted octanol–water partition coefficient (Wildman–Crippen LogP) is 1.52. The molecule has 0 aromatic carbocycles. The molecule has 102 valence electrons. The van der Waals surface area contributed by atoms with Crippen molar-refractivity contribution in [1.82, 2.24) is 9.97 Å². The third-order valence-electron chi connectivity index (χ3n) is 1.73. The van der Waals surface area contributed by atoms with Crippen LogP contribution < -0.4 is 16.6 Å². The van der Waals surface area contributed by atoms with E-state index in [2.05, 4.69) is 41.4 Å². The highest BCUT2D eigenvalue weighted by atomic mass is 79.9. The second-order valence-corrected chi connectivity index (χ2v) is 3.92. The monoisotopic (exact) mass is 329 g/mol. The van der Waals surface area contributed by atoms with Crippen LogP contribution in [0.2, 0.25) is 0 Å². The van der Waals surface area contributed by atoms with Crippen LogP contribution in [0.5, 0.6) is 0 Å². The Balaban J connectivity index is 2.36. The molecule has 0 saturated heterocycles. The van der Waals surface area contributed by atoms with Crippen LogP contribution in [0.25, 0.3) is 0 Å². The Kier molecular flexibility index (Phi) is 5.56. The minimum Gasteiger partial charge on any atom is -0.370 e. The molecule has 6 nitrogen and oxygen atoms in total. The third kappa shape index (κ3) is 5.02. The van der Waals surface area contributed by atoms with Crippen LogP contribution in [0, 0.1) is 0 Å². The molecule has 18 heavy (non-hydrogen) atoms. The predicted molar refractivity (Wildman–Crippen MR) is 62.9 cm³/mol. The minimum absolute atomic E-state index is 0.0959. The van der Waals surface area contributed by atoms with Crippen LogP contribution in [0.1, 0.15) is 0 Å². The Morgan fingerprint density at radius 3 is 2.61 bits per heavy atom. The van der Waals surface area contributed by atoms with Gasteiger partial charge in [0.15, 0.2) is 5.82 Å². The van der Waals surface area contributed by atoms with Crippen molar-refractivity contribution >= 4 is 27.6 Å². The van der Waals surface area contributed by atoms with Crippen LogP contribution in [0.3, 0.4) is 0 Å². The molecule has 1 aromatic heterocycles. The second-order valence-electron chi connectivity index (χ2n) is 3.12. The molecule has 1 heterocycles. The van der Waals surface area contributed by atoms with Crippen molar-refractivity contribution in [2.24, 2.45) is 5.84 Å². The maximum atomic E-state index is 11.8. The topological polar surface area (TPSA) is 85.1 Å². The standard InChI is InChI=1S/C8H11BrF3N5O/c9-5-6(15-4-16-7(5)17-13)14-1-2-18-3-8(10,11)12/h4H,1-3,13H2,(H2,14,15,16,17). The first kappa shape index (κ1) is 14.9. The van der Waals surface area contributed by atoms with Crippen LogP contribution in [-0.2, 0) is 4.74 Å². The molecule has 0 atom stereocenters. The van der Waals surface area contributed by atoms with Gasteiger partial charge in [-0.15, -0.1) is 0 Å². The van der Waals surface area contributed by atoms with Crippen LogP contribution >= 0.6 is 15.9 Å². The Labute approximate surface area is 109 Å². The highest BCUT2D eigenvalue weighted by molar-refractivity contribution is 9.10. The SMILES string of the molecule is NNc1ncnc(NCCOCC(F)(F)F)c1Br. The summed E-state index contributed by atoms with van der Waals surface area (Å²) in [6.45, 7) is -1.19. The summed E-state index contributed by atoms with van der Waals surface area (Å²) in [7, 11) is 0. The van der Waals surface area contributed by atoms with Gasteiger partial charge in [0.25, 0.3) is 0 Å². The van der Waals surface area contributed by atoms with E-state index < -0.39 is 12.8 Å². The van der Waals surface area contributed by atoms with Gasteiger partial charge in [-0.3, -0.25) is 0 Å². The maximum absolute atomic E-state index is 11.8. The Morgan fingerprint density at radius 2 is 2.00 bits per heavy atom. The molecule has 0 unspecified atom stereocenters. The van der Waals surface area contributed by atoms with Crippen molar-refractivity contribution in [1.29, 1.82) is 0 Å². The number of nitrogens with two attached hydrogens (primary N) is 1. The lowest BCUT2D eigenvalue weighted by molar-refractivity contribution is -0.172. The highest BCUT2D eigenvalue weighted by Crippen LogP contribution is 2.25. The third-order valence-corrected chi connectivity index (χ3v) is 2.48. The van der Waals surface area contributed by atoms with E-state index >= 15 is 0 Å². The number of nitrogen functional groups attached to an aromatic ring is 1. The molecule has 0 spiro atoms. The second kappa shape index (κ2) is 6.71. The summed E-state index contributed by atoms with van der Waals surface area (Å²) in [5, 5.41) is 2.79. The average molecular weight is 330 g/mol. The summed E-state index contributed by atoms with van der Waals surface area (Å²) >= 11 is 3.19. The number of rotatable bonds is 6. The summed E-state index contributed by atoms with van der Waals surface area (Å²) in [5.74, 6) is 5.97. The molecule has 1 rings (SSSR count). The van der Waals surface area contributed by atoms with Gasteiger partial charge in [0.1, 0.15) is 23.2 Å². The van der Waals surface area contributed by atoms with E-state index in [4.69, 9.17) is 5.84 Å². The van der Waals surface area contributed by atoms with Crippen molar-refractivity contribution in [3.05, 3.63) is 10.8 Å². The van der Waals surface area contributed by atoms with Crippen LogP contribution in [0.4, 0.5) is 24.8 Å². The van der Waals surface area contributed by atoms with E-state index in [0.717, 1.165) is 0 Å². The first-order valence-electron chi connectivity index (χ1n) is 4.79. The lowest BCUT2D eigenvalue weighted by Gasteiger charge is -2.10. The fraction of sp³-hybridized carbons (Fsp3) is 0.500. The number of hydrazine groups is 1. The number of halogens is 4. The quantitative estimate of drug-likeness (QED) is 0.417. The minimum atomic E-state index is -4.31. The van der Waals surface area contributed by atoms with Gasteiger partial charge in [0, 0.05) is 6.54 Å². The van der Waals surface area contributed by atoms with E-state index in [9.17, 15) is 13.2 Å². The molecule has 0 aliphatic heterocycles. The van der Waals surface area contributed by atoms with E-state index in [1.165, 1.54) is 6.33 Å². The van der Waals surface area contributed by atoms with Crippen molar-refractivity contribution in [2.45, 2.75) is 6.18 Å². The normalized spacial score (nSPS) is 11.4. The number of nitrogens with zero attached hydrogens (tertiary/aromatic N) is 2.